The van der Waals surface area contributed by atoms with E-state index in [0.29, 0.717) is 19.4 Å². The van der Waals surface area contributed by atoms with Gasteiger partial charge in [-0.25, -0.2) is 0 Å². The van der Waals surface area contributed by atoms with Gasteiger partial charge in [-0.3, -0.25) is 9.59 Å². The Morgan fingerprint density at radius 3 is 3.00 bits per heavy atom. The molecule has 1 aliphatic rings. The number of anilines is 1. The number of aryl methyl sites for hydroxylation is 1. The van der Waals surface area contributed by atoms with Crippen LogP contribution in [0.2, 0.25) is 0 Å². The summed E-state index contributed by atoms with van der Waals surface area (Å²) < 4.78 is 0. The number of hydrogen-bond donors (Lipinski definition) is 2. The average Bonchev–Trinajstić information content (AvgIpc) is 2.49. The lowest BCUT2D eigenvalue weighted by Crippen LogP contribution is -2.24. The number of carbonyl (C=O) groups excluding carboxylic acids is 2. The molecule has 0 aromatic heterocycles. The maximum absolute atomic E-state index is 11.7. The lowest BCUT2D eigenvalue weighted by Gasteiger charge is -2.27. The molecule has 5 nitrogen and oxygen atoms in total. The number of primary amides is 1. The summed E-state index contributed by atoms with van der Waals surface area (Å²) in [6, 6.07) is 6.28. The number of hydrogen-bond acceptors (Lipinski definition) is 3. The number of rotatable bonds is 6. The molecule has 0 fully saturated rings. The van der Waals surface area contributed by atoms with Crippen molar-refractivity contribution in [3.8, 4) is 0 Å². The maximum atomic E-state index is 11.7. The van der Waals surface area contributed by atoms with Gasteiger partial charge in [-0.15, -0.1) is 0 Å². The molecule has 1 heterocycles. The molecule has 2 rings (SSSR count). The Morgan fingerprint density at radius 1 is 1.41 bits per heavy atom. The second kappa shape index (κ2) is 7.64. The fourth-order valence-corrected chi connectivity index (χ4v) is 2.61. The SMILES string of the molecule is CN1CCCc2cc(C=CC(=O)NCCCC(N)=O)ccc21. The van der Waals surface area contributed by atoms with E-state index in [9.17, 15) is 9.59 Å². The Kier molecular flexibility index (Phi) is 5.58. The van der Waals surface area contributed by atoms with Crippen molar-refractivity contribution in [3.05, 3.63) is 35.4 Å². The quantitative estimate of drug-likeness (QED) is 0.617. The molecular weight excluding hydrogens is 278 g/mol. The van der Waals surface area contributed by atoms with Crippen molar-refractivity contribution in [2.45, 2.75) is 25.7 Å². The van der Waals surface area contributed by atoms with E-state index in [0.717, 1.165) is 24.9 Å². The van der Waals surface area contributed by atoms with E-state index in [4.69, 9.17) is 5.73 Å². The Hall–Kier alpha value is -2.30. The van der Waals surface area contributed by atoms with Crippen LogP contribution < -0.4 is 16.0 Å². The number of benzene rings is 1. The number of fused-ring (bicyclic) bond motifs is 1. The van der Waals surface area contributed by atoms with Crippen molar-refractivity contribution >= 4 is 23.6 Å². The van der Waals surface area contributed by atoms with Crippen LogP contribution in [0, 0.1) is 0 Å². The minimum absolute atomic E-state index is 0.153. The zero-order chi connectivity index (χ0) is 15.9. The molecule has 22 heavy (non-hydrogen) atoms. The molecule has 118 valence electrons. The van der Waals surface area contributed by atoms with E-state index < -0.39 is 0 Å². The first-order chi connectivity index (χ1) is 10.6. The van der Waals surface area contributed by atoms with Gasteiger partial charge in [0, 0.05) is 38.3 Å². The van der Waals surface area contributed by atoms with Gasteiger partial charge in [-0.05, 0) is 48.6 Å². The third-order valence-electron chi connectivity index (χ3n) is 3.78. The number of amides is 2. The Bertz CT molecular complexity index is 581. The van der Waals surface area contributed by atoms with Crippen LogP contribution in [0.3, 0.4) is 0 Å². The Morgan fingerprint density at radius 2 is 2.23 bits per heavy atom. The molecule has 1 aromatic carbocycles. The average molecular weight is 301 g/mol. The molecule has 0 aliphatic carbocycles. The molecule has 0 radical (unpaired) electrons. The largest absolute Gasteiger partial charge is 0.374 e. The van der Waals surface area contributed by atoms with E-state index >= 15 is 0 Å². The van der Waals surface area contributed by atoms with Gasteiger partial charge in [0.2, 0.25) is 11.8 Å². The summed E-state index contributed by atoms with van der Waals surface area (Å²) in [6.07, 6.45) is 6.46. The molecule has 3 N–H and O–H groups in total. The monoisotopic (exact) mass is 301 g/mol. The van der Waals surface area contributed by atoms with Gasteiger partial charge in [0.15, 0.2) is 0 Å². The number of carbonyl (C=O) groups is 2. The van der Waals surface area contributed by atoms with Crippen LogP contribution in [0.25, 0.3) is 6.08 Å². The van der Waals surface area contributed by atoms with Crippen molar-refractivity contribution in [1.82, 2.24) is 5.32 Å². The highest BCUT2D eigenvalue weighted by Crippen LogP contribution is 2.27. The van der Waals surface area contributed by atoms with Crippen LogP contribution in [0.5, 0.6) is 0 Å². The zero-order valence-corrected chi connectivity index (χ0v) is 13.0. The van der Waals surface area contributed by atoms with Crippen LogP contribution in [-0.2, 0) is 16.0 Å². The second-order valence-electron chi connectivity index (χ2n) is 5.61. The van der Waals surface area contributed by atoms with Crippen molar-refractivity contribution < 1.29 is 9.59 Å². The summed E-state index contributed by atoms with van der Waals surface area (Å²) >= 11 is 0. The van der Waals surface area contributed by atoms with Crippen molar-refractivity contribution in [2.75, 3.05) is 25.0 Å². The molecule has 0 bridgehead atoms. The topological polar surface area (TPSA) is 75.4 Å². The van der Waals surface area contributed by atoms with Gasteiger partial charge in [0.05, 0.1) is 0 Å². The first kappa shape index (κ1) is 16.1. The zero-order valence-electron chi connectivity index (χ0n) is 13.0. The number of nitrogens with two attached hydrogens (primary N) is 1. The molecule has 0 atom stereocenters. The predicted molar refractivity (Wildman–Crippen MR) is 88.5 cm³/mol. The van der Waals surface area contributed by atoms with Gasteiger partial charge in [0.25, 0.3) is 0 Å². The number of nitrogens with zero attached hydrogens (tertiary/aromatic N) is 1. The molecule has 1 aromatic rings. The molecule has 0 spiro atoms. The minimum Gasteiger partial charge on any atom is -0.374 e. The summed E-state index contributed by atoms with van der Waals surface area (Å²) in [4.78, 5) is 24.5. The highest BCUT2D eigenvalue weighted by molar-refractivity contribution is 5.91. The summed E-state index contributed by atoms with van der Waals surface area (Å²) in [5, 5.41) is 2.74. The van der Waals surface area contributed by atoms with Crippen LogP contribution >= 0.6 is 0 Å². The lowest BCUT2D eigenvalue weighted by molar-refractivity contribution is -0.119. The van der Waals surface area contributed by atoms with Crippen LogP contribution in [0.4, 0.5) is 5.69 Å². The van der Waals surface area contributed by atoms with Crippen LogP contribution in [0.1, 0.15) is 30.4 Å². The van der Waals surface area contributed by atoms with Crippen LogP contribution in [0.15, 0.2) is 24.3 Å². The minimum atomic E-state index is -0.344. The van der Waals surface area contributed by atoms with Gasteiger partial charge in [0.1, 0.15) is 0 Å². The van der Waals surface area contributed by atoms with Crippen molar-refractivity contribution in [2.24, 2.45) is 5.73 Å². The van der Waals surface area contributed by atoms with E-state index in [2.05, 4.69) is 29.4 Å². The van der Waals surface area contributed by atoms with Gasteiger partial charge < -0.3 is 16.0 Å². The molecular formula is C17H23N3O2. The first-order valence-electron chi connectivity index (χ1n) is 7.64. The van der Waals surface area contributed by atoms with Gasteiger partial charge >= 0.3 is 0 Å². The fourth-order valence-electron chi connectivity index (χ4n) is 2.61. The second-order valence-corrected chi connectivity index (χ2v) is 5.61. The summed E-state index contributed by atoms with van der Waals surface area (Å²) in [7, 11) is 2.10. The third-order valence-corrected chi connectivity index (χ3v) is 3.78. The van der Waals surface area contributed by atoms with Gasteiger partial charge in [-0.1, -0.05) is 6.07 Å². The normalized spacial score (nSPS) is 14.0. The smallest absolute Gasteiger partial charge is 0.243 e. The fraction of sp³-hybridized carbons (Fsp3) is 0.412. The number of nitrogens with one attached hydrogen (secondary N) is 1. The van der Waals surface area contributed by atoms with Crippen molar-refractivity contribution in [1.29, 1.82) is 0 Å². The summed E-state index contributed by atoms with van der Waals surface area (Å²) in [5.41, 5.74) is 8.68. The molecule has 0 saturated carbocycles. The highest BCUT2D eigenvalue weighted by atomic mass is 16.1. The van der Waals surface area contributed by atoms with E-state index in [-0.39, 0.29) is 11.8 Å². The third kappa shape index (κ3) is 4.62. The Balaban J connectivity index is 1.87. The Labute approximate surface area is 131 Å². The molecule has 1 aliphatic heterocycles. The van der Waals surface area contributed by atoms with E-state index in [1.165, 1.54) is 17.3 Å². The molecule has 0 unspecified atom stereocenters. The maximum Gasteiger partial charge on any atom is 0.243 e. The van der Waals surface area contributed by atoms with Crippen molar-refractivity contribution in [3.63, 3.8) is 0 Å². The predicted octanol–water partition coefficient (Wildman–Crippen LogP) is 1.46. The molecule has 0 saturated heterocycles. The first-order valence-corrected chi connectivity index (χ1v) is 7.64. The highest BCUT2D eigenvalue weighted by Gasteiger charge is 2.12. The standard InChI is InChI=1S/C17H23N3O2/c1-20-11-3-4-14-12-13(6-8-15(14)20)7-9-17(22)19-10-2-5-16(18)21/h6-9,12H,2-5,10-11H2,1H3,(H2,18,21)(H,19,22). The summed E-state index contributed by atoms with van der Waals surface area (Å²) in [5.74, 6) is -0.497. The van der Waals surface area contributed by atoms with Crippen LogP contribution in [-0.4, -0.2) is 32.0 Å². The lowest BCUT2D eigenvalue weighted by atomic mass is 9.99. The summed E-state index contributed by atoms with van der Waals surface area (Å²) in [6.45, 7) is 1.55. The van der Waals surface area contributed by atoms with Gasteiger partial charge in [-0.2, -0.15) is 0 Å². The molecule has 5 heteroatoms. The van der Waals surface area contributed by atoms with E-state index in [1.807, 2.05) is 12.1 Å². The molecule has 2 amide bonds. The van der Waals surface area contributed by atoms with E-state index in [1.54, 1.807) is 0 Å².